The lowest BCUT2D eigenvalue weighted by Crippen LogP contribution is -2.27. The van der Waals surface area contributed by atoms with Crippen molar-refractivity contribution in [2.24, 2.45) is 0 Å². The van der Waals surface area contributed by atoms with Gasteiger partial charge in [-0.25, -0.2) is 8.42 Å². The third-order valence-electron chi connectivity index (χ3n) is 4.01. The molecule has 26 heavy (non-hydrogen) atoms. The molecule has 0 bridgehead atoms. The van der Waals surface area contributed by atoms with E-state index < -0.39 is 9.84 Å². The molecule has 0 aliphatic carbocycles. The van der Waals surface area contributed by atoms with Crippen molar-refractivity contribution in [2.75, 3.05) is 31.4 Å². The zero-order valence-corrected chi connectivity index (χ0v) is 16.1. The molecule has 1 unspecified atom stereocenters. The van der Waals surface area contributed by atoms with Gasteiger partial charge in [-0.3, -0.25) is 10.3 Å². The maximum atomic E-state index is 12.1. The van der Waals surface area contributed by atoms with Gasteiger partial charge in [0.15, 0.2) is 9.84 Å². The molecule has 1 atom stereocenters. The summed E-state index contributed by atoms with van der Waals surface area (Å²) >= 11 is 1.96. The van der Waals surface area contributed by atoms with E-state index in [4.69, 9.17) is 4.74 Å². The Hall–Kier alpha value is -1.61. The second-order valence-electron chi connectivity index (χ2n) is 6.03. The summed E-state index contributed by atoms with van der Waals surface area (Å²) in [6, 6.07) is 11.3. The molecule has 1 saturated heterocycles. The summed E-state index contributed by atoms with van der Waals surface area (Å²) in [6.07, 6.45) is 3.97. The Kier molecular flexibility index (Phi) is 6.90. The lowest BCUT2D eigenvalue weighted by atomic mass is 10.1. The average molecular weight is 394 g/mol. The Morgan fingerprint density at radius 2 is 2.12 bits per heavy atom. The third-order valence-corrected chi connectivity index (χ3v) is 6.73. The molecule has 2 N–H and O–H groups in total. The van der Waals surface area contributed by atoms with Crippen LogP contribution in [0, 0.1) is 0 Å². The summed E-state index contributed by atoms with van der Waals surface area (Å²) in [4.78, 5) is 4.06. The second kappa shape index (κ2) is 9.36. The van der Waals surface area contributed by atoms with Gasteiger partial charge in [0.25, 0.3) is 0 Å². The zero-order valence-electron chi connectivity index (χ0n) is 14.4. The van der Waals surface area contributed by atoms with E-state index >= 15 is 0 Å². The first-order chi connectivity index (χ1) is 12.6. The van der Waals surface area contributed by atoms with Crippen molar-refractivity contribution in [3.63, 3.8) is 0 Å². The molecule has 1 aliphatic rings. The molecule has 0 saturated carbocycles. The Bertz CT molecular complexity index is 777. The molecule has 1 fully saturated rings. The molecule has 2 heterocycles. The first kappa shape index (κ1) is 19.2. The van der Waals surface area contributed by atoms with Crippen molar-refractivity contribution in [2.45, 2.75) is 16.6 Å². The first-order valence-corrected chi connectivity index (χ1v) is 11.2. The summed E-state index contributed by atoms with van der Waals surface area (Å²) in [5, 5.41) is 6.90. The zero-order chi connectivity index (χ0) is 18.2. The predicted octanol–water partition coefficient (Wildman–Crippen LogP) is 1.69. The van der Waals surface area contributed by atoms with Gasteiger partial charge < -0.3 is 10.1 Å². The van der Waals surface area contributed by atoms with Gasteiger partial charge in [0.2, 0.25) is 0 Å². The van der Waals surface area contributed by atoms with Crippen molar-refractivity contribution in [3.05, 3.63) is 54.4 Å². The minimum Gasteiger partial charge on any atom is -0.492 e. The highest BCUT2D eigenvalue weighted by atomic mass is 32.2. The van der Waals surface area contributed by atoms with Crippen LogP contribution < -0.4 is 15.4 Å². The van der Waals surface area contributed by atoms with Crippen LogP contribution in [0.1, 0.15) is 5.56 Å². The van der Waals surface area contributed by atoms with E-state index in [2.05, 4.69) is 27.8 Å². The van der Waals surface area contributed by atoms with Crippen LogP contribution in [0.3, 0.4) is 0 Å². The van der Waals surface area contributed by atoms with Crippen LogP contribution in [0.5, 0.6) is 5.75 Å². The Morgan fingerprint density at radius 1 is 1.27 bits per heavy atom. The molecule has 140 valence electrons. The molecule has 0 spiro atoms. The van der Waals surface area contributed by atoms with E-state index in [9.17, 15) is 8.42 Å². The van der Waals surface area contributed by atoms with Gasteiger partial charge in [-0.2, -0.15) is 0 Å². The van der Waals surface area contributed by atoms with Crippen LogP contribution in [0.4, 0.5) is 0 Å². The number of thioether (sulfide) groups is 1. The molecule has 1 aromatic carbocycles. The van der Waals surface area contributed by atoms with Crippen molar-refractivity contribution in [3.8, 4) is 5.75 Å². The molecule has 1 aromatic heterocycles. The molecule has 0 amide bonds. The third kappa shape index (κ3) is 5.70. The summed E-state index contributed by atoms with van der Waals surface area (Å²) in [5.41, 5.74) is 1.30. The number of sulfone groups is 1. The number of nitrogens with zero attached hydrogens (tertiary/aromatic N) is 1. The number of pyridine rings is 1. The lowest BCUT2D eigenvalue weighted by Gasteiger charge is -2.10. The molecule has 8 heteroatoms. The van der Waals surface area contributed by atoms with Crippen molar-refractivity contribution < 1.29 is 13.2 Å². The van der Waals surface area contributed by atoms with Gasteiger partial charge in [0.1, 0.15) is 18.2 Å². The number of benzene rings is 1. The van der Waals surface area contributed by atoms with Gasteiger partial charge in [-0.05, 0) is 36.2 Å². The van der Waals surface area contributed by atoms with Crippen molar-refractivity contribution in [1.29, 1.82) is 0 Å². The van der Waals surface area contributed by atoms with Crippen LogP contribution in [0.25, 0.3) is 0 Å². The fraction of sp³-hybridized carbons (Fsp3) is 0.389. The number of hydrogen-bond donors (Lipinski definition) is 2. The van der Waals surface area contributed by atoms with E-state index in [1.165, 1.54) is 11.8 Å². The molecule has 3 rings (SSSR count). The number of hydrogen-bond acceptors (Lipinski definition) is 7. The molecular formula is C18H23N3O3S2. The summed E-state index contributed by atoms with van der Waals surface area (Å²) in [5.74, 6) is 1.70. The van der Waals surface area contributed by atoms with E-state index in [0.717, 1.165) is 24.6 Å². The molecule has 6 nitrogen and oxygen atoms in total. The smallest absolute Gasteiger partial charge is 0.192 e. The van der Waals surface area contributed by atoms with E-state index in [1.54, 1.807) is 18.3 Å². The van der Waals surface area contributed by atoms with Gasteiger partial charge in [0.05, 0.1) is 4.90 Å². The maximum Gasteiger partial charge on any atom is 0.192 e. The van der Waals surface area contributed by atoms with E-state index in [-0.39, 0.29) is 10.8 Å². The second-order valence-corrected chi connectivity index (χ2v) is 9.31. The minimum atomic E-state index is -3.36. The normalized spacial score (nSPS) is 17.3. The summed E-state index contributed by atoms with van der Waals surface area (Å²) in [7, 11) is -3.36. The van der Waals surface area contributed by atoms with Crippen LogP contribution in [-0.2, 0) is 16.3 Å². The standard InChI is InChI=1S/C18H23N3O3S2/c22-26(23,18-2-1-7-19-12-18)14-20-8-9-24-16-5-3-15(4-6-16)10-17-11-21-13-25-17/h1-7,12,17,20-21H,8-11,13-14H2. The monoisotopic (exact) mass is 393 g/mol. The number of aromatic nitrogens is 1. The predicted molar refractivity (Wildman–Crippen MR) is 104 cm³/mol. The Morgan fingerprint density at radius 3 is 2.81 bits per heavy atom. The van der Waals surface area contributed by atoms with Gasteiger partial charge in [-0.15, -0.1) is 11.8 Å². The summed E-state index contributed by atoms with van der Waals surface area (Å²) in [6.45, 7) is 1.92. The average Bonchev–Trinajstić information content (AvgIpc) is 3.16. The topological polar surface area (TPSA) is 80.3 Å². The molecule has 2 aromatic rings. The van der Waals surface area contributed by atoms with Crippen LogP contribution in [-0.4, -0.2) is 50.1 Å². The van der Waals surface area contributed by atoms with Crippen LogP contribution >= 0.6 is 11.8 Å². The number of ether oxygens (including phenoxy) is 1. The Labute approximate surface area is 158 Å². The molecule has 0 radical (unpaired) electrons. The van der Waals surface area contributed by atoms with Gasteiger partial charge in [0, 0.05) is 36.6 Å². The number of nitrogens with one attached hydrogen (secondary N) is 2. The summed E-state index contributed by atoms with van der Waals surface area (Å²) < 4.78 is 29.9. The first-order valence-electron chi connectivity index (χ1n) is 8.51. The maximum absolute atomic E-state index is 12.1. The lowest BCUT2D eigenvalue weighted by molar-refractivity contribution is 0.317. The van der Waals surface area contributed by atoms with E-state index in [0.29, 0.717) is 18.4 Å². The molecule has 1 aliphatic heterocycles. The highest BCUT2D eigenvalue weighted by molar-refractivity contribution is 8.00. The van der Waals surface area contributed by atoms with Crippen molar-refractivity contribution >= 4 is 21.6 Å². The Balaban J connectivity index is 1.37. The minimum absolute atomic E-state index is 0.131. The highest BCUT2D eigenvalue weighted by Gasteiger charge is 2.15. The van der Waals surface area contributed by atoms with Gasteiger partial charge >= 0.3 is 0 Å². The quantitative estimate of drug-likeness (QED) is 0.628. The van der Waals surface area contributed by atoms with Gasteiger partial charge in [-0.1, -0.05) is 12.1 Å². The fourth-order valence-electron chi connectivity index (χ4n) is 2.63. The molecular weight excluding hydrogens is 370 g/mol. The van der Waals surface area contributed by atoms with Crippen LogP contribution in [0.2, 0.25) is 0 Å². The fourth-order valence-corrected chi connectivity index (χ4v) is 4.74. The van der Waals surface area contributed by atoms with E-state index in [1.807, 2.05) is 23.9 Å². The largest absolute Gasteiger partial charge is 0.492 e. The van der Waals surface area contributed by atoms with Crippen molar-refractivity contribution in [1.82, 2.24) is 15.6 Å². The highest BCUT2D eigenvalue weighted by Crippen LogP contribution is 2.21. The van der Waals surface area contributed by atoms with Crippen LogP contribution in [0.15, 0.2) is 53.7 Å². The number of rotatable bonds is 9. The SMILES string of the molecule is O=S(=O)(CNCCOc1ccc(CC2CNCS2)cc1)c1cccnc1.